The molecule has 3 aromatic carbocycles. The molecule has 1 heterocycles. The monoisotopic (exact) mass is 512 g/mol. The summed E-state index contributed by atoms with van der Waals surface area (Å²) in [6.07, 6.45) is 2.14. The van der Waals surface area contributed by atoms with E-state index < -0.39 is 23.8 Å². The van der Waals surface area contributed by atoms with Crippen LogP contribution in [0, 0.1) is 5.92 Å². The topological polar surface area (TPSA) is 90.5 Å². The third kappa shape index (κ3) is 6.68. The van der Waals surface area contributed by atoms with Gasteiger partial charge in [0.15, 0.2) is 5.92 Å². The fourth-order valence-electron chi connectivity index (χ4n) is 4.42. The SMILES string of the molecule is CCOC(=O)C(C(=O)OCC)C(Cc1ccc(OCc2ccccc2)cc1)c1c[nH]nc1-c1ccccc1. The average molecular weight is 513 g/mol. The maximum Gasteiger partial charge on any atom is 0.320 e. The Morgan fingerprint density at radius 3 is 2.00 bits per heavy atom. The molecule has 1 unspecified atom stereocenters. The van der Waals surface area contributed by atoms with Gasteiger partial charge in [-0.05, 0) is 43.5 Å². The Morgan fingerprint density at radius 2 is 1.39 bits per heavy atom. The van der Waals surface area contributed by atoms with Gasteiger partial charge in [0, 0.05) is 23.2 Å². The molecular formula is C31H32N2O5. The number of rotatable bonds is 12. The molecule has 7 heteroatoms. The number of esters is 2. The molecule has 196 valence electrons. The summed E-state index contributed by atoms with van der Waals surface area (Å²) in [7, 11) is 0. The Hall–Kier alpha value is -4.39. The number of nitrogens with one attached hydrogen (secondary N) is 1. The van der Waals surface area contributed by atoms with Crippen molar-refractivity contribution >= 4 is 11.9 Å². The van der Waals surface area contributed by atoms with Crippen molar-refractivity contribution < 1.29 is 23.8 Å². The first-order valence-corrected chi connectivity index (χ1v) is 12.8. The Bertz CT molecular complexity index is 1290. The normalized spacial score (nSPS) is 11.7. The Labute approximate surface area is 222 Å². The van der Waals surface area contributed by atoms with E-state index in [0.29, 0.717) is 18.7 Å². The maximum absolute atomic E-state index is 13.1. The Morgan fingerprint density at radius 1 is 0.789 bits per heavy atom. The highest BCUT2D eigenvalue weighted by Crippen LogP contribution is 2.36. The average Bonchev–Trinajstić information content (AvgIpc) is 3.44. The Balaban J connectivity index is 1.65. The number of carbonyl (C=O) groups excluding carboxylic acids is 2. The molecule has 0 bridgehead atoms. The van der Waals surface area contributed by atoms with E-state index in [-0.39, 0.29) is 13.2 Å². The van der Waals surface area contributed by atoms with Gasteiger partial charge in [0.2, 0.25) is 0 Å². The van der Waals surface area contributed by atoms with E-state index in [1.54, 1.807) is 20.0 Å². The molecule has 38 heavy (non-hydrogen) atoms. The molecule has 7 nitrogen and oxygen atoms in total. The quantitative estimate of drug-likeness (QED) is 0.193. The fraction of sp³-hybridized carbons (Fsp3) is 0.258. The maximum atomic E-state index is 13.1. The first-order valence-electron chi connectivity index (χ1n) is 12.8. The smallest absolute Gasteiger partial charge is 0.320 e. The number of carbonyl (C=O) groups is 2. The lowest BCUT2D eigenvalue weighted by Crippen LogP contribution is -2.34. The third-order valence-electron chi connectivity index (χ3n) is 6.23. The number of H-pyrrole nitrogens is 1. The number of nitrogens with zero attached hydrogens (tertiary/aromatic N) is 1. The molecule has 1 atom stereocenters. The van der Waals surface area contributed by atoms with Gasteiger partial charge in [0.05, 0.1) is 18.9 Å². The van der Waals surface area contributed by atoms with Crippen molar-refractivity contribution in [3.63, 3.8) is 0 Å². The number of benzene rings is 3. The van der Waals surface area contributed by atoms with Gasteiger partial charge < -0.3 is 14.2 Å². The van der Waals surface area contributed by atoms with Crippen molar-refractivity contribution in [3.8, 4) is 17.0 Å². The lowest BCUT2D eigenvalue weighted by Gasteiger charge is -2.25. The van der Waals surface area contributed by atoms with Gasteiger partial charge in [-0.25, -0.2) is 0 Å². The van der Waals surface area contributed by atoms with Crippen molar-refractivity contribution in [1.82, 2.24) is 10.2 Å². The van der Waals surface area contributed by atoms with E-state index in [2.05, 4.69) is 10.2 Å². The summed E-state index contributed by atoms with van der Waals surface area (Å²) in [5, 5.41) is 7.39. The highest BCUT2D eigenvalue weighted by molar-refractivity contribution is 5.96. The van der Waals surface area contributed by atoms with Crippen LogP contribution in [-0.2, 0) is 32.1 Å². The highest BCUT2D eigenvalue weighted by Gasteiger charge is 2.40. The minimum absolute atomic E-state index is 0.159. The summed E-state index contributed by atoms with van der Waals surface area (Å²) in [5.41, 5.74) is 4.31. The van der Waals surface area contributed by atoms with Gasteiger partial charge in [0.25, 0.3) is 0 Å². The first kappa shape index (κ1) is 26.7. The molecule has 0 aliphatic carbocycles. The second kappa shape index (κ2) is 13.2. The van der Waals surface area contributed by atoms with Gasteiger partial charge in [-0.15, -0.1) is 0 Å². The number of hydrogen-bond donors (Lipinski definition) is 1. The lowest BCUT2D eigenvalue weighted by atomic mass is 9.80. The fourth-order valence-corrected chi connectivity index (χ4v) is 4.42. The van der Waals surface area contributed by atoms with Crippen molar-refractivity contribution in [2.45, 2.75) is 32.8 Å². The minimum Gasteiger partial charge on any atom is -0.489 e. The second-order valence-electron chi connectivity index (χ2n) is 8.77. The highest BCUT2D eigenvalue weighted by atomic mass is 16.6. The number of hydrogen-bond acceptors (Lipinski definition) is 6. The minimum atomic E-state index is -1.15. The van der Waals surface area contributed by atoms with Crippen molar-refractivity contribution in [2.24, 2.45) is 5.92 Å². The predicted molar refractivity (Wildman–Crippen MR) is 144 cm³/mol. The summed E-state index contributed by atoms with van der Waals surface area (Å²) in [5.74, 6) is -2.21. The van der Waals surface area contributed by atoms with Crippen LogP contribution in [0.3, 0.4) is 0 Å². The van der Waals surface area contributed by atoms with Crippen LogP contribution in [0.2, 0.25) is 0 Å². The molecule has 0 fully saturated rings. The molecular weight excluding hydrogens is 480 g/mol. The van der Waals surface area contributed by atoms with Gasteiger partial charge in [-0.2, -0.15) is 5.10 Å². The molecule has 1 N–H and O–H groups in total. The van der Waals surface area contributed by atoms with Crippen molar-refractivity contribution in [3.05, 3.63) is 108 Å². The second-order valence-corrected chi connectivity index (χ2v) is 8.77. The standard InChI is InChI=1S/C31H32N2O5/c1-3-36-30(34)28(31(35)37-4-2)26(27-20-32-33-29(27)24-13-9-6-10-14-24)19-22-15-17-25(18-16-22)38-21-23-11-7-5-8-12-23/h5-18,20,26,28H,3-4,19,21H2,1-2H3,(H,32,33). The van der Waals surface area contributed by atoms with Gasteiger partial charge in [0.1, 0.15) is 12.4 Å². The van der Waals surface area contributed by atoms with Crippen LogP contribution in [0.1, 0.15) is 36.5 Å². The number of ether oxygens (including phenoxy) is 3. The largest absolute Gasteiger partial charge is 0.489 e. The molecule has 1 aromatic heterocycles. The summed E-state index contributed by atoms with van der Waals surface area (Å²) >= 11 is 0. The number of aromatic nitrogens is 2. The summed E-state index contributed by atoms with van der Waals surface area (Å²) < 4.78 is 16.6. The zero-order chi connectivity index (χ0) is 26.7. The van der Waals surface area contributed by atoms with Crippen LogP contribution in [0.5, 0.6) is 5.75 Å². The molecule has 0 aliphatic rings. The molecule has 0 amide bonds. The summed E-state index contributed by atoms with van der Waals surface area (Å²) in [4.78, 5) is 26.3. The van der Waals surface area contributed by atoms with Crippen LogP contribution < -0.4 is 4.74 Å². The van der Waals surface area contributed by atoms with E-state index in [1.165, 1.54) is 0 Å². The van der Waals surface area contributed by atoms with Crippen LogP contribution in [0.25, 0.3) is 11.3 Å². The van der Waals surface area contributed by atoms with E-state index in [4.69, 9.17) is 14.2 Å². The van der Waals surface area contributed by atoms with Crippen LogP contribution in [0.15, 0.2) is 91.1 Å². The predicted octanol–water partition coefficient (Wildman–Crippen LogP) is 5.72. The van der Waals surface area contributed by atoms with E-state index in [9.17, 15) is 9.59 Å². The van der Waals surface area contributed by atoms with Crippen molar-refractivity contribution in [2.75, 3.05) is 13.2 Å². The van der Waals surface area contributed by atoms with E-state index >= 15 is 0 Å². The first-order chi connectivity index (χ1) is 18.6. The zero-order valence-corrected chi connectivity index (χ0v) is 21.6. The van der Waals surface area contributed by atoms with Gasteiger partial charge in [-0.1, -0.05) is 72.8 Å². The van der Waals surface area contributed by atoms with Gasteiger partial charge >= 0.3 is 11.9 Å². The number of aromatic amines is 1. The molecule has 0 saturated carbocycles. The lowest BCUT2D eigenvalue weighted by molar-refractivity contribution is -0.162. The van der Waals surface area contributed by atoms with Crippen LogP contribution in [-0.4, -0.2) is 35.3 Å². The van der Waals surface area contributed by atoms with Crippen LogP contribution >= 0.6 is 0 Å². The molecule has 0 aliphatic heterocycles. The molecule has 4 aromatic rings. The molecule has 0 radical (unpaired) electrons. The third-order valence-corrected chi connectivity index (χ3v) is 6.23. The molecule has 4 rings (SSSR count). The van der Waals surface area contributed by atoms with E-state index in [0.717, 1.165) is 28.0 Å². The van der Waals surface area contributed by atoms with E-state index in [1.807, 2.05) is 84.9 Å². The molecule has 0 spiro atoms. The zero-order valence-electron chi connectivity index (χ0n) is 21.6. The Kier molecular flexibility index (Phi) is 9.29. The van der Waals surface area contributed by atoms with Gasteiger partial charge in [-0.3, -0.25) is 14.7 Å². The van der Waals surface area contributed by atoms with Crippen LogP contribution in [0.4, 0.5) is 0 Å². The molecule has 0 saturated heterocycles. The van der Waals surface area contributed by atoms with Crippen molar-refractivity contribution in [1.29, 1.82) is 0 Å². The summed E-state index contributed by atoms with van der Waals surface area (Å²) in [6, 6.07) is 27.3. The summed E-state index contributed by atoms with van der Waals surface area (Å²) in [6.45, 7) is 4.22.